The van der Waals surface area contributed by atoms with Crippen LogP contribution in [0.3, 0.4) is 0 Å². The Balaban J connectivity index is 2.52. The zero-order valence-corrected chi connectivity index (χ0v) is 11.7. The summed E-state index contributed by atoms with van der Waals surface area (Å²) in [6.45, 7) is 6.68. The highest BCUT2D eigenvalue weighted by Crippen LogP contribution is 2.26. The monoisotopic (exact) mass is 254 g/mol. The quantitative estimate of drug-likeness (QED) is 0.754. The van der Waals surface area contributed by atoms with Gasteiger partial charge in [0.1, 0.15) is 5.75 Å². The van der Waals surface area contributed by atoms with Crippen molar-refractivity contribution >= 4 is 11.8 Å². The van der Waals surface area contributed by atoms with Gasteiger partial charge in [0.05, 0.1) is 12.7 Å². The van der Waals surface area contributed by atoms with E-state index < -0.39 is 6.10 Å². The Labute approximate surface area is 108 Å². The smallest absolute Gasteiger partial charge is 0.125 e. The van der Waals surface area contributed by atoms with Crippen molar-refractivity contribution in [1.82, 2.24) is 0 Å². The van der Waals surface area contributed by atoms with Crippen molar-refractivity contribution < 1.29 is 9.84 Å². The van der Waals surface area contributed by atoms with E-state index in [-0.39, 0.29) is 0 Å². The number of aliphatic hydroxyl groups is 1. The van der Waals surface area contributed by atoms with Gasteiger partial charge in [0.2, 0.25) is 0 Å². The van der Waals surface area contributed by atoms with Crippen LogP contribution in [0, 0.1) is 6.92 Å². The van der Waals surface area contributed by atoms with Crippen LogP contribution in [0.25, 0.3) is 0 Å². The van der Waals surface area contributed by atoms with Gasteiger partial charge in [-0.15, -0.1) is 0 Å². The molecule has 3 heteroatoms. The van der Waals surface area contributed by atoms with Crippen LogP contribution in [0.2, 0.25) is 0 Å². The summed E-state index contributed by atoms with van der Waals surface area (Å²) in [5.74, 6) is 3.10. The van der Waals surface area contributed by atoms with Gasteiger partial charge in [-0.3, -0.25) is 0 Å². The van der Waals surface area contributed by atoms with E-state index in [1.54, 1.807) is 6.92 Å². The van der Waals surface area contributed by atoms with E-state index in [1.807, 2.05) is 36.9 Å². The highest BCUT2D eigenvalue weighted by atomic mass is 32.2. The van der Waals surface area contributed by atoms with E-state index in [0.29, 0.717) is 0 Å². The molecule has 0 fully saturated rings. The molecule has 0 heterocycles. The van der Waals surface area contributed by atoms with Crippen molar-refractivity contribution in [2.75, 3.05) is 18.1 Å². The summed E-state index contributed by atoms with van der Waals surface area (Å²) in [6.07, 6.45) is 0.570. The number of aryl methyl sites for hydroxylation is 1. The summed E-state index contributed by atoms with van der Waals surface area (Å²) in [4.78, 5) is 0. The lowest BCUT2D eigenvalue weighted by molar-refractivity contribution is 0.191. The van der Waals surface area contributed by atoms with Gasteiger partial charge in [0, 0.05) is 5.56 Å². The lowest BCUT2D eigenvalue weighted by Gasteiger charge is -2.14. The van der Waals surface area contributed by atoms with Gasteiger partial charge in [0.25, 0.3) is 0 Å². The molecule has 1 unspecified atom stereocenters. The van der Waals surface area contributed by atoms with Gasteiger partial charge < -0.3 is 9.84 Å². The Morgan fingerprint density at radius 3 is 2.82 bits per heavy atom. The topological polar surface area (TPSA) is 29.5 Å². The maximum absolute atomic E-state index is 9.69. The fourth-order valence-electron chi connectivity index (χ4n) is 1.61. The van der Waals surface area contributed by atoms with E-state index in [2.05, 4.69) is 6.92 Å². The van der Waals surface area contributed by atoms with Crippen LogP contribution < -0.4 is 4.74 Å². The third-order valence-corrected chi connectivity index (χ3v) is 3.50. The molecule has 0 bridgehead atoms. The molecular formula is C14H22O2S. The summed E-state index contributed by atoms with van der Waals surface area (Å²) in [5.41, 5.74) is 2.03. The first-order valence-electron chi connectivity index (χ1n) is 6.14. The molecule has 0 radical (unpaired) electrons. The van der Waals surface area contributed by atoms with Gasteiger partial charge >= 0.3 is 0 Å². The molecule has 0 aliphatic rings. The summed E-state index contributed by atoms with van der Waals surface area (Å²) in [7, 11) is 0. The Kier molecular flexibility index (Phi) is 6.45. The average molecular weight is 254 g/mol. The first-order valence-corrected chi connectivity index (χ1v) is 7.29. The number of ether oxygens (including phenoxy) is 1. The van der Waals surface area contributed by atoms with Gasteiger partial charge in [0.15, 0.2) is 0 Å². The lowest BCUT2D eigenvalue weighted by atomic mass is 10.1. The van der Waals surface area contributed by atoms with Gasteiger partial charge in [-0.2, -0.15) is 11.8 Å². The van der Waals surface area contributed by atoms with Crippen LogP contribution in [0.5, 0.6) is 5.75 Å². The van der Waals surface area contributed by atoms with Crippen molar-refractivity contribution in [1.29, 1.82) is 0 Å². The zero-order valence-electron chi connectivity index (χ0n) is 10.9. The molecule has 96 valence electrons. The molecule has 1 atom stereocenters. The molecule has 2 nitrogen and oxygen atoms in total. The summed E-state index contributed by atoms with van der Waals surface area (Å²) < 4.78 is 5.73. The number of aliphatic hydroxyl groups excluding tert-OH is 1. The van der Waals surface area contributed by atoms with Crippen LogP contribution in [-0.2, 0) is 0 Å². The fourth-order valence-corrected chi connectivity index (χ4v) is 2.22. The molecule has 1 rings (SSSR count). The predicted octanol–water partition coefficient (Wildman–Crippen LogP) is 3.57. The highest BCUT2D eigenvalue weighted by Gasteiger charge is 2.09. The number of hydrogen-bond acceptors (Lipinski definition) is 3. The number of benzene rings is 1. The second-order valence-corrected chi connectivity index (χ2v) is 5.51. The van der Waals surface area contributed by atoms with E-state index in [9.17, 15) is 5.11 Å². The Bertz CT molecular complexity index is 337. The molecule has 0 saturated heterocycles. The standard InChI is InChI=1S/C14H22O2S/c1-4-17-9-5-8-16-14-7-6-11(2)10-13(14)12(3)15/h6-7,10,12,15H,4-5,8-9H2,1-3H3. The second kappa shape index (κ2) is 7.62. The molecule has 0 aromatic heterocycles. The van der Waals surface area contributed by atoms with Crippen molar-refractivity contribution in [2.45, 2.75) is 33.3 Å². The molecule has 0 aliphatic heterocycles. The third-order valence-electron chi connectivity index (χ3n) is 2.51. The van der Waals surface area contributed by atoms with Crippen molar-refractivity contribution in [3.63, 3.8) is 0 Å². The van der Waals surface area contributed by atoms with Crippen molar-refractivity contribution in [3.05, 3.63) is 29.3 Å². The molecule has 17 heavy (non-hydrogen) atoms. The molecule has 0 spiro atoms. The van der Waals surface area contributed by atoms with Crippen LogP contribution in [-0.4, -0.2) is 23.2 Å². The molecule has 0 aliphatic carbocycles. The summed E-state index contributed by atoms with van der Waals surface area (Å²) in [6, 6.07) is 5.95. The normalized spacial score (nSPS) is 12.5. The Morgan fingerprint density at radius 2 is 2.18 bits per heavy atom. The second-order valence-electron chi connectivity index (χ2n) is 4.12. The van der Waals surface area contributed by atoms with Gasteiger partial charge in [-0.05, 0) is 43.9 Å². The first-order chi connectivity index (χ1) is 8.15. The predicted molar refractivity (Wildman–Crippen MR) is 74.9 cm³/mol. The minimum absolute atomic E-state index is 0.477. The SMILES string of the molecule is CCSCCCOc1ccc(C)cc1C(C)O. The zero-order chi connectivity index (χ0) is 12.7. The first kappa shape index (κ1) is 14.4. The molecule has 0 amide bonds. The van der Waals surface area contributed by atoms with Crippen LogP contribution >= 0.6 is 11.8 Å². The summed E-state index contributed by atoms with van der Waals surface area (Å²) in [5, 5.41) is 9.69. The Morgan fingerprint density at radius 1 is 1.41 bits per heavy atom. The van der Waals surface area contributed by atoms with Crippen molar-refractivity contribution in [2.24, 2.45) is 0 Å². The summed E-state index contributed by atoms with van der Waals surface area (Å²) >= 11 is 1.93. The average Bonchev–Trinajstić information content (AvgIpc) is 2.30. The Hall–Kier alpha value is -0.670. The maximum Gasteiger partial charge on any atom is 0.125 e. The molecule has 1 aromatic carbocycles. The highest BCUT2D eigenvalue weighted by molar-refractivity contribution is 7.99. The molecule has 1 N–H and O–H groups in total. The van der Waals surface area contributed by atoms with E-state index in [0.717, 1.165) is 41.4 Å². The lowest BCUT2D eigenvalue weighted by Crippen LogP contribution is -2.03. The van der Waals surface area contributed by atoms with Crippen LogP contribution in [0.15, 0.2) is 18.2 Å². The third kappa shape index (κ3) is 5.00. The van der Waals surface area contributed by atoms with Crippen molar-refractivity contribution in [3.8, 4) is 5.75 Å². The largest absolute Gasteiger partial charge is 0.493 e. The number of hydrogen-bond donors (Lipinski definition) is 1. The number of thioether (sulfide) groups is 1. The fraction of sp³-hybridized carbons (Fsp3) is 0.571. The minimum Gasteiger partial charge on any atom is -0.493 e. The van der Waals surface area contributed by atoms with E-state index in [1.165, 1.54) is 0 Å². The minimum atomic E-state index is -0.477. The molecule has 1 aromatic rings. The molecular weight excluding hydrogens is 232 g/mol. The van der Waals surface area contributed by atoms with Gasteiger partial charge in [-0.1, -0.05) is 18.6 Å². The van der Waals surface area contributed by atoms with Crippen LogP contribution in [0.1, 0.15) is 37.5 Å². The van der Waals surface area contributed by atoms with Gasteiger partial charge in [-0.25, -0.2) is 0 Å². The number of rotatable bonds is 7. The molecule has 0 saturated carbocycles. The van der Waals surface area contributed by atoms with Crippen LogP contribution in [0.4, 0.5) is 0 Å². The van der Waals surface area contributed by atoms with E-state index in [4.69, 9.17) is 4.74 Å². The van der Waals surface area contributed by atoms with E-state index >= 15 is 0 Å². The maximum atomic E-state index is 9.69.